The predicted octanol–water partition coefficient (Wildman–Crippen LogP) is 1.87. The van der Waals surface area contributed by atoms with Crippen LogP contribution in [-0.2, 0) is 10.0 Å². The third kappa shape index (κ3) is 3.27. The van der Waals surface area contributed by atoms with Gasteiger partial charge >= 0.3 is 5.97 Å². The van der Waals surface area contributed by atoms with Gasteiger partial charge in [-0.2, -0.15) is 0 Å². The lowest BCUT2D eigenvalue weighted by Crippen LogP contribution is -2.27. The van der Waals surface area contributed by atoms with Crippen molar-refractivity contribution in [1.29, 1.82) is 0 Å². The van der Waals surface area contributed by atoms with Crippen molar-refractivity contribution in [2.75, 3.05) is 13.6 Å². The number of hydrogen-bond acceptors (Lipinski definition) is 4. The van der Waals surface area contributed by atoms with Gasteiger partial charge in [-0.3, -0.25) is 0 Å². The van der Waals surface area contributed by atoms with Crippen LogP contribution in [0.25, 0.3) is 0 Å². The van der Waals surface area contributed by atoms with Crippen molar-refractivity contribution in [1.82, 2.24) is 4.31 Å². The van der Waals surface area contributed by atoms with Crippen molar-refractivity contribution in [2.45, 2.75) is 24.7 Å². The minimum Gasteiger partial charge on any atom is -0.477 e. The summed E-state index contributed by atoms with van der Waals surface area (Å²) in [6.07, 6.45) is 1.69. The molecular formula is C10H15NO4S2. The summed E-state index contributed by atoms with van der Waals surface area (Å²) in [5.74, 6) is -1.10. The van der Waals surface area contributed by atoms with Gasteiger partial charge in [-0.25, -0.2) is 17.5 Å². The van der Waals surface area contributed by atoms with Gasteiger partial charge in [0.05, 0.1) is 4.90 Å². The zero-order valence-corrected chi connectivity index (χ0v) is 11.3. The van der Waals surface area contributed by atoms with Crippen molar-refractivity contribution in [3.05, 3.63) is 16.3 Å². The number of carboxylic acid groups (broad SMARTS) is 1. The first-order chi connectivity index (χ1) is 7.89. The molecule has 1 N–H and O–H groups in total. The molecule has 0 bridgehead atoms. The summed E-state index contributed by atoms with van der Waals surface area (Å²) >= 11 is 0.920. The van der Waals surface area contributed by atoms with Crippen LogP contribution in [0.3, 0.4) is 0 Å². The molecule has 1 aromatic heterocycles. The second-order valence-corrected chi connectivity index (χ2v) is 6.59. The molecule has 7 heteroatoms. The van der Waals surface area contributed by atoms with Gasteiger partial charge in [0.15, 0.2) is 0 Å². The lowest BCUT2D eigenvalue weighted by atomic mass is 10.3. The van der Waals surface area contributed by atoms with Gasteiger partial charge in [0.1, 0.15) is 4.88 Å². The first-order valence-electron chi connectivity index (χ1n) is 5.17. The van der Waals surface area contributed by atoms with Crippen LogP contribution < -0.4 is 0 Å². The van der Waals surface area contributed by atoms with Crippen LogP contribution in [0.2, 0.25) is 0 Å². The van der Waals surface area contributed by atoms with Crippen LogP contribution >= 0.6 is 11.3 Å². The number of aromatic carboxylic acids is 1. The molecule has 1 aromatic rings. The van der Waals surface area contributed by atoms with Crippen molar-refractivity contribution in [3.63, 3.8) is 0 Å². The molecule has 0 unspecified atom stereocenters. The fourth-order valence-electron chi connectivity index (χ4n) is 1.25. The number of carbonyl (C=O) groups is 1. The highest BCUT2D eigenvalue weighted by atomic mass is 32.2. The second kappa shape index (κ2) is 5.61. The maximum atomic E-state index is 12.0. The second-order valence-electron chi connectivity index (χ2n) is 3.63. The minimum absolute atomic E-state index is 0.0347. The molecule has 0 aliphatic rings. The average molecular weight is 277 g/mol. The normalized spacial score (nSPS) is 11.9. The molecule has 0 atom stereocenters. The van der Waals surface area contributed by atoms with Gasteiger partial charge in [0, 0.05) is 19.0 Å². The van der Waals surface area contributed by atoms with Crippen molar-refractivity contribution < 1.29 is 18.3 Å². The van der Waals surface area contributed by atoms with E-state index in [0.717, 1.165) is 24.2 Å². The Morgan fingerprint density at radius 1 is 1.53 bits per heavy atom. The van der Waals surface area contributed by atoms with E-state index in [2.05, 4.69) is 0 Å². The van der Waals surface area contributed by atoms with Gasteiger partial charge in [-0.05, 0) is 12.5 Å². The predicted molar refractivity (Wildman–Crippen MR) is 66.0 cm³/mol. The summed E-state index contributed by atoms with van der Waals surface area (Å²) in [7, 11) is -2.04. The Labute approximate surface area is 105 Å². The highest BCUT2D eigenvalue weighted by molar-refractivity contribution is 7.89. The number of unbranched alkanes of at least 4 members (excludes halogenated alkanes) is 1. The van der Waals surface area contributed by atoms with Crippen molar-refractivity contribution in [3.8, 4) is 0 Å². The molecule has 0 aliphatic heterocycles. The Morgan fingerprint density at radius 2 is 2.18 bits per heavy atom. The highest BCUT2D eigenvalue weighted by Crippen LogP contribution is 2.22. The maximum Gasteiger partial charge on any atom is 0.345 e. The molecular weight excluding hydrogens is 262 g/mol. The fourth-order valence-corrected chi connectivity index (χ4v) is 3.56. The molecule has 0 saturated heterocycles. The zero-order chi connectivity index (χ0) is 13.1. The average Bonchev–Trinajstić information content (AvgIpc) is 2.75. The van der Waals surface area contributed by atoms with E-state index in [9.17, 15) is 13.2 Å². The molecule has 17 heavy (non-hydrogen) atoms. The monoisotopic (exact) mass is 277 g/mol. The van der Waals surface area contributed by atoms with Gasteiger partial charge < -0.3 is 5.11 Å². The van der Waals surface area contributed by atoms with Crippen LogP contribution in [0.1, 0.15) is 29.4 Å². The smallest absolute Gasteiger partial charge is 0.345 e. The standard InChI is InChI=1S/C10H15NO4S2/c1-3-4-5-11(2)17(14,15)8-6-9(10(12)13)16-7-8/h6-7H,3-5H2,1-2H3,(H,12,13). The Bertz CT molecular complexity index is 492. The van der Waals surface area contributed by atoms with E-state index >= 15 is 0 Å². The molecule has 5 nitrogen and oxygen atoms in total. The largest absolute Gasteiger partial charge is 0.477 e. The van der Waals surface area contributed by atoms with Gasteiger partial charge in [-0.15, -0.1) is 11.3 Å². The number of nitrogens with zero attached hydrogens (tertiary/aromatic N) is 1. The summed E-state index contributed by atoms with van der Waals surface area (Å²) in [4.78, 5) is 10.8. The maximum absolute atomic E-state index is 12.0. The summed E-state index contributed by atoms with van der Waals surface area (Å²) in [5.41, 5.74) is 0. The Balaban J connectivity index is 2.92. The zero-order valence-electron chi connectivity index (χ0n) is 9.71. The van der Waals surface area contributed by atoms with Crippen LogP contribution in [0.4, 0.5) is 0 Å². The molecule has 0 aliphatic carbocycles. The quantitative estimate of drug-likeness (QED) is 0.861. The van der Waals surface area contributed by atoms with Crippen LogP contribution in [0.5, 0.6) is 0 Å². The van der Waals surface area contributed by atoms with E-state index in [-0.39, 0.29) is 9.77 Å². The van der Waals surface area contributed by atoms with Crippen molar-refractivity contribution in [2.24, 2.45) is 0 Å². The van der Waals surface area contributed by atoms with Crippen LogP contribution in [0.15, 0.2) is 16.3 Å². The first-order valence-corrected chi connectivity index (χ1v) is 7.49. The third-order valence-corrected chi connectivity index (χ3v) is 5.22. The molecule has 0 spiro atoms. The molecule has 96 valence electrons. The number of hydrogen-bond donors (Lipinski definition) is 1. The van der Waals surface area contributed by atoms with E-state index in [1.54, 1.807) is 0 Å². The van der Waals surface area contributed by atoms with Crippen LogP contribution in [-0.4, -0.2) is 37.4 Å². The summed E-state index contributed by atoms with van der Waals surface area (Å²) in [6, 6.07) is 1.20. The lowest BCUT2D eigenvalue weighted by molar-refractivity contribution is 0.0702. The number of thiophene rings is 1. The Kier molecular flexibility index (Phi) is 4.67. The van der Waals surface area contributed by atoms with E-state index < -0.39 is 16.0 Å². The molecule has 1 rings (SSSR count). The summed E-state index contributed by atoms with van der Waals surface area (Å²) in [5, 5.41) is 10.1. The van der Waals surface area contributed by atoms with Gasteiger partial charge in [0.25, 0.3) is 0 Å². The molecule has 0 amide bonds. The molecule has 0 aromatic carbocycles. The topological polar surface area (TPSA) is 74.7 Å². The minimum atomic E-state index is -3.54. The number of carboxylic acids is 1. The Hall–Kier alpha value is -0.920. The van der Waals surface area contributed by atoms with Crippen LogP contribution in [0, 0.1) is 0 Å². The van der Waals surface area contributed by atoms with Gasteiger partial charge in [0.2, 0.25) is 10.0 Å². The van der Waals surface area contributed by atoms with Crippen molar-refractivity contribution >= 4 is 27.3 Å². The third-order valence-electron chi connectivity index (χ3n) is 2.32. The summed E-state index contributed by atoms with van der Waals surface area (Å²) in [6.45, 7) is 2.42. The SMILES string of the molecule is CCCCN(C)S(=O)(=O)c1csc(C(=O)O)c1. The van der Waals surface area contributed by atoms with E-state index in [4.69, 9.17) is 5.11 Å². The molecule has 0 saturated carbocycles. The number of sulfonamides is 1. The summed E-state index contributed by atoms with van der Waals surface area (Å²) < 4.78 is 25.3. The number of rotatable bonds is 6. The van der Waals surface area contributed by atoms with E-state index in [1.165, 1.54) is 22.8 Å². The highest BCUT2D eigenvalue weighted by Gasteiger charge is 2.22. The molecule has 1 heterocycles. The van der Waals surface area contributed by atoms with E-state index in [1.807, 2.05) is 6.92 Å². The van der Waals surface area contributed by atoms with E-state index in [0.29, 0.717) is 6.54 Å². The lowest BCUT2D eigenvalue weighted by Gasteiger charge is -2.15. The van der Waals surface area contributed by atoms with Gasteiger partial charge in [-0.1, -0.05) is 13.3 Å². The molecule has 0 radical (unpaired) electrons. The first kappa shape index (κ1) is 14.1. The Morgan fingerprint density at radius 3 is 2.65 bits per heavy atom. The molecule has 0 fully saturated rings. The fraction of sp³-hybridized carbons (Fsp3) is 0.500.